The number of nitrogens with zero attached hydrogens (tertiary/aromatic N) is 1. The third-order valence-corrected chi connectivity index (χ3v) is 1.32. The van der Waals surface area contributed by atoms with Gasteiger partial charge in [-0.15, -0.1) is 5.10 Å². The number of rotatable bonds is 4. The maximum Gasteiger partial charge on any atom is 0.303 e. The SMILES string of the molecule is N/N=C(\NN)NC(=O)CCCC(=O)O. The largest absolute Gasteiger partial charge is 0.481 e. The van der Waals surface area contributed by atoms with Crippen molar-refractivity contribution in [1.29, 1.82) is 0 Å². The fourth-order valence-corrected chi connectivity index (χ4v) is 0.700. The first-order valence-electron chi connectivity index (χ1n) is 3.86. The Balaban J connectivity index is 3.70. The topological polar surface area (TPSA) is 143 Å². The van der Waals surface area contributed by atoms with Crippen molar-refractivity contribution in [2.45, 2.75) is 19.3 Å². The fourth-order valence-electron chi connectivity index (χ4n) is 0.700. The van der Waals surface area contributed by atoms with Crippen molar-refractivity contribution in [1.82, 2.24) is 10.7 Å². The average molecular weight is 203 g/mol. The minimum Gasteiger partial charge on any atom is -0.481 e. The van der Waals surface area contributed by atoms with E-state index in [0.717, 1.165) is 0 Å². The van der Waals surface area contributed by atoms with Crippen LogP contribution < -0.4 is 22.4 Å². The normalized spacial score (nSPS) is 10.8. The fraction of sp³-hybridized carbons (Fsp3) is 0.500. The van der Waals surface area contributed by atoms with Gasteiger partial charge in [0.2, 0.25) is 11.9 Å². The van der Waals surface area contributed by atoms with Crippen LogP contribution in [0.25, 0.3) is 0 Å². The van der Waals surface area contributed by atoms with E-state index in [2.05, 4.69) is 15.8 Å². The zero-order valence-electron chi connectivity index (χ0n) is 7.49. The van der Waals surface area contributed by atoms with E-state index in [1.54, 1.807) is 0 Å². The molecule has 0 radical (unpaired) electrons. The quantitative estimate of drug-likeness (QED) is 0.155. The molecule has 14 heavy (non-hydrogen) atoms. The molecule has 0 spiro atoms. The first-order chi connectivity index (χ1) is 6.60. The van der Waals surface area contributed by atoms with Crippen LogP contribution in [0.1, 0.15) is 19.3 Å². The van der Waals surface area contributed by atoms with Crippen molar-refractivity contribution in [3.8, 4) is 0 Å². The number of nitrogens with two attached hydrogens (primary N) is 2. The number of aliphatic carboxylic acids is 1. The van der Waals surface area contributed by atoms with Crippen LogP contribution in [0.3, 0.4) is 0 Å². The lowest BCUT2D eigenvalue weighted by molar-refractivity contribution is -0.137. The number of hydrogen-bond acceptors (Lipinski definition) is 5. The molecule has 0 aliphatic carbocycles. The summed E-state index contributed by atoms with van der Waals surface area (Å²) in [5.74, 6) is 8.38. The summed E-state index contributed by atoms with van der Waals surface area (Å²) in [6.07, 6.45) is 0.273. The summed E-state index contributed by atoms with van der Waals surface area (Å²) in [5, 5.41) is 13.7. The van der Waals surface area contributed by atoms with Crippen LogP contribution in [0.5, 0.6) is 0 Å². The van der Waals surface area contributed by atoms with Crippen LogP contribution in [0, 0.1) is 0 Å². The average Bonchev–Trinajstić information content (AvgIpc) is 2.13. The lowest BCUT2D eigenvalue weighted by Crippen LogP contribution is -2.45. The molecule has 0 bridgehead atoms. The van der Waals surface area contributed by atoms with Crippen molar-refractivity contribution in [2.75, 3.05) is 0 Å². The molecule has 0 saturated carbocycles. The number of hydrazone groups is 1. The zero-order chi connectivity index (χ0) is 11.0. The van der Waals surface area contributed by atoms with Crippen LogP contribution in [0.15, 0.2) is 5.10 Å². The van der Waals surface area contributed by atoms with E-state index in [1.165, 1.54) is 0 Å². The molecule has 0 aliphatic heterocycles. The van der Waals surface area contributed by atoms with Gasteiger partial charge in [0, 0.05) is 12.8 Å². The maximum absolute atomic E-state index is 11.0. The Morgan fingerprint density at radius 1 is 1.36 bits per heavy atom. The van der Waals surface area contributed by atoms with Gasteiger partial charge in [0.05, 0.1) is 0 Å². The Labute approximate surface area is 80.3 Å². The highest BCUT2D eigenvalue weighted by molar-refractivity contribution is 5.96. The lowest BCUT2D eigenvalue weighted by Gasteiger charge is -2.05. The number of carboxylic acid groups (broad SMARTS) is 1. The number of amides is 1. The number of guanidine groups is 1. The molecule has 8 nitrogen and oxygen atoms in total. The van der Waals surface area contributed by atoms with Gasteiger partial charge < -0.3 is 10.9 Å². The molecule has 8 heteroatoms. The Hall–Kier alpha value is -1.83. The van der Waals surface area contributed by atoms with Crippen LogP contribution in [0.4, 0.5) is 0 Å². The van der Waals surface area contributed by atoms with Gasteiger partial charge in [-0.1, -0.05) is 0 Å². The van der Waals surface area contributed by atoms with Gasteiger partial charge in [-0.05, 0) is 6.42 Å². The van der Waals surface area contributed by atoms with Crippen molar-refractivity contribution < 1.29 is 14.7 Å². The number of carbonyl (C=O) groups excluding carboxylic acids is 1. The number of nitrogens with one attached hydrogen (secondary N) is 2. The second kappa shape index (κ2) is 6.66. The summed E-state index contributed by atoms with van der Waals surface area (Å²) < 4.78 is 0. The second-order valence-corrected chi connectivity index (χ2v) is 2.42. The minimum atomic E-state index is -0.942. The third kappa shape index (κ3) is 5.77. The zero-order valence-corrected chi connectivity index (χ0v) is 7.49. The molecule has 7 N–H and O–H groups in total. The molecular weight excluding hydrogens is 190 g/mol. The van der Waals surface area contributed by atoms with E-state index >= 15 is 0 Å². The molecule has 0 aromatic rings. The predicted molar refractivity (Wildman–Crippen MR) is 48.6 cm³/mol. The van der Waals surface area contributed by atoms with Gasteiger partial charge >= 0.3 is 5.97 Å². The van der Waals surface area contributed by atoms with Gasteiger partial charge in [0.15, 0.2) is 0 Å². The van der Waals surface area contributed by atoms with Crippen LogP contribution in [-0.2, 0) is 9.59 Å². The van der Waals surface area contributed by atoms with E-state index in [0.29, 0.717) is 0 Å². The number of carboxylic acids is 1. The van der Waals surface area contributed by atoms with E-state index in [-0.39, 0.29) is 25.2 Å². The summed E-state index contributed by atoms with van der Waals surface area (Å²) in [5.41, 5.74) is 2.06. The highest BCUT2D eigenvalue weighted by Crippen LogP contribution is 1.94. The van der Waals surface area contributed by atoms with Gasteiger partial charge in [-0.25, -0.2) is 5.84 Å². The first-order valence-corrected chi connectivity index (χ1v) is 3.86. The number of carbonyl (C=O) groups is 2. The van der Waals surface area contributed by atoms with Crippen molar-refractivity contribution >= 4 is 17.8 Å². The molecule has 0 unspecified atom stereocenters. The van der Waals surface area contributed by atoms with E-state index in [1.807, 2.05) is 0 Å². The summed E-state index contributed by atoms with van der Waals surface area (Å²) in [4.78, 5) is 21.1. The van der Waals surface area contributed by atoms with Crippen LogP contribution in [0.2, 0.25) is 0 Å². The Morgan fingerprint density at radius 3 is 2.43 bits per heavy atom. The van der Waals surface area contributed by atoms with E-state index in [9.17, 15) is 9.59 Å². The van der Waals surface area contributed by atoms with Crippen LogP contribution >= 0.6 is 0 Å². The minimum absolute atomic E-state index is 0.0570. The van der Waals surface area contributed by atoms with Gasteiger partial charge in [0.25, 0.3) is 0 Å². The monoisotopic (exact) mass is 203 g/mol. The molecule has 0 aromatic heterocycles. The molecule has 0 heterocycles. The van der Waals surface area contributed by atoms with Gasteiger partial charge in [-0.3, -0.25) is 20.3 Å². The Kier molecular flexibility index (Phi) is 5.79. The number of hydrazine groups is 1. The van der Waals surface area contributed by atoms with Gasteiger partial charge in [0.1, 0.15) is 0 Å². The molecule has 0 fully saturated rings. The molecule has 0 atom stereocenters. The highest BCUT2D eigenvalue weighted by atomic mass is 16.4. The number of hydrogen-bond donors (Lipinski definition) is 5. The standard InChI is InChI=1S/C6H13N5O3/c7-10-6(11-8)9-4(12)2-1-3-5(13)14/h1-3,7-8H2,(H,13,14)(H2,9,10,11,12). The third-order valence-electron chi connectivity index (χ3n) is 1.32. The molecule has 0 rings (SSSR count). The molecule has 0 saturated heterocycles. The molecule has 80 valence electrons. The summed E-state index contributed by atoms with van der Waals surface area (Å²) in [6.45, 7) is 0. The smallest absolute Gasteiger partial charge is 0.303 e. The van der Waals surface area contributed by atoms with Crippen LogP contribution in [-0.4, -0.2) is 22.9 Å². The van der Waals surface area contributed by atoms with Crippen molar-refractivity contribution in [3.63, 3.8) is 0 Å². The van der Waals surface area contributed by atoms with E-state index in [4.69, 9.17) is 16.8 Å². The van der Waals surface area contributed by atoms with Crippen molar-refractivity contribution in [3.05, 3.63) is 0 Å². The Bertz CT molecular complexity index is 240. The second-order valence-electron chi connectivity index (χ2n) is 2.42. The Morgan fingerprint density at radius 2 is 2.00 bits per heavy atom. The molecular formula is C6H13N5O3. The highest BCUT2D eigenvalue weighted by Gasteiger charge is 2.05. The maximum atomic E-state index is 11.0. The van der Waals surface area contributed by atoms with E-state index < -0.39 is 11.9 Å². The molecule has 0 aromatic carbocycles. The first kappa shape index (κ1) is 12.2. The molecule has 0 aliphatic rings. The summed E-state index contributed by atoms with van der Waals surface area (Å²) >= 11 is 0. The molecule has 1 amide bonds. The lowest BCUT2D eigenvalue weighted by atomic mass is 10.2. The van der Waals surface area contributed by atoms with Crippen molar-refractivity contribution in [2.24, 2.45) is 16.8 Å². The predicted octanol–water partition coefficient (Wildman–Crippen LogP) is -1.95. The van der Waals surface area contributed by atoms with Gasteiger partial charge in [-0.2, -0.15) is 0 Å². The summed E-state index contributed by atoms with van der Waals surface area (Å²) in [6, 6.07) is 0. The summed E-state index contributed by atoms with van der Waals surface area (Å²) in [7, 11) is 0.